The highest BCUT2D eigenvalue weighted by atomic mass is 16.5. The van der Waals surface area contributed by atoms with Gasteiger partial charge in [0, 0.05) is 48.7 Å². The summed E-state index contributed by atoms with van der Waals surface area (Å²) < 4.78 is 5.10. The molecule has 0 radical (unpaired) electrons. The van der Waals surface area contributed by atoms with Gasteiger partial charge in [0.05, 0.1) is 12.7 Å². The lowest BCUT2D eigenvalue weighted by molar-refractivity contribution is 0.101. The van der Waals surface area contributed by atoms with Crippen LogP contribution >= 0.6 is 0 Å². The van der Waals surface area contributed by atoms with Crippen molar-refractivity contribution >= 4 is 34.0 Å². The van der Waals surface area contributed by atoms with Crippen molar-refractivity contribution in [1.29, 1.82) is 5.26 Å². The zero-order valence-electron chi connectivity index (χ0n) is 27.5. The van der Waals surface area contributed by atoms with Crippen LogP contribution in [0.5, 0.6) is 5.75 Å². The number of rotatable bonds is 5. The van der Waals surface area contributed by atoms with Crippen molar-refractivity contribution in [3.05, 3.63) is 136 Å². The Morgan fingerprint density at radius 1 is 0.667 bits per heavy atom. The van der Waals surface area contributed by atoms with Crippen molar-refractivity contribution in [2.75, 3.05) is 44.9 Å². The molecular formula is C40H39N5O3. The smallest absolute Gasteiger partial charge is 0.255 e. The first-order chi connectivity index (χ1) is 23.3. The van der Waals surface area contributed by atoms with E-state index in [1.807, 2.05) is 60.7 Å². The van der Waals surface area contributed by atoms with Crippen molar-refractivity contribution in [2.45, 2.75) is 25.9 Å². The van der Waals surface area contributed by atoms with Crippen LogP contribution in [0.1, 0.15) is 48.5 Å². The molecule has 0 aliphatic carbocycles. The van der Waals surface area contributed by atoms with Gasteiger partial charge in [-0.25, -0.2) is 0 Å². The minimum Gasteiger partial charge on any atom is -0.495 e. The molecule has 0 unspecified atom stereocenters. The molecule has 2 aliphatic rings. The third-order valence-corrected chi connectivity index (χ3v) is 8.93. The zero-order chi connectivity index (χ0) is 33.6. The van der Waals surface area contributed by atoms with Crippen LogP contribution in [0.25, 0.3) is 10.8 Å². The second kappa shape index (κ2) is 14.5. The zero-order valence-corrected chi connectivity index (χ0v) is 27.5. The molecular weight excluding hydrogens is 598 g/mol. The normalized spacial score (nSPS) is 14.0. The number of ether oxygens (including phenoxy) is 1. The van der Waals surface area contributed by atoms with Crippen LogP contribution in [-0.4, -0.2) is 55.9 Å². The lowest BCUT2D eigenvalue weighted by Crippen LogP contribution is -2.26. The summed E-state index contributed by atoms with van der Waals surface area (Å²) in [5.74, 6) is 0.161. The number of methoxy groups -OCH3 is 1. The molecule has 2 amide bonds. The van der Waals surface area contributed by atoms with Gasteiger partial charge in [-0.15, -0.1) is 0 Å². The average Bonchev–Trinajstić information content (AvgIpc) is 3.11. The second-order valence-corrected chi connectivity index (χ2v) is 12.4. The third kappa shape index (κ3) is 7.55. The average molecular weight is 638 g/mol. The summed E-state index contributed by atoms with van der Waals surface area (Å²) in [5, 5.41) is 17.3. The van der Waals surface area contributed by atoms with Gasteiger partial charge in [0.15, 0.2) is 0 Å². The predicted molar refractivity (Wildman–Crippen MR) is 191 cm³/mol. The number of likely N-dealkylation sites (N-methyl/N-ethyl adjacent to an activating group) is 2. The topological polar surface area (TPSA) is 97.7 Å². The molecule has 8 nitrogen and oxygen atoms in total. The van der Waals surface area contributed by atoms with Crippen molar-refractivity contribution in [3.8, 4) is 11.8 Å². The number of carbonyl (C=O) groups excluding carboxylic acids is 2. The lowest BCUT2D eigenvalue weighted by Gasteiger charge is -2.25. The standard InChI is InChI=1S/C21H20N2O.C19H19N3O2/c1-23-11-10-16-8-9-20(13-19(16)14-23)22-21(24)18-7-6-15-4-2-3-5-17(15)12-18;1-22-8-7-13-3-5-17(10-16(13)12-22)21-19(23)14-4-6-18(24-2)15(9-14)11-20/h2-9,12-13H,10-11,14H2,1H3,(H,22,24);3-6,9-10H,7-8,12H2,1-2H3,(H,21,23). The van der Waals surface area contributed by atoms with E-state index in [1.165, 1.54) is 29.4 Å². The number of benzene rings is 5. The van der Waals surface area contributed by atoms with Crippen molar-refractivity contribution in [2.24, 2.45) is 0 Å². The summed E-state index contributed by atoms with van der Waals surface area (Å²) in [7, 11) is 5.72. The van der Waals surface area contributed by atoms with E-state index in [-0.39, 0.29) is 11.8 Å². The fourth-order valence-electron chi connectivity index (χ4n) is 6.23. The third-order valence-electron chi connectivity index (χ3n) is 8.93. The molecule has 0 saturated carbocycles. The van der Waals surface area contributed by atoms with Gasteiger partial charge in [-0.05, 0) is 115 Å². The van der Waals surface area contributed by atoms with E-state index in [2.05, 4.69) is 58.8 Å². The molecule has 0 aromatic heterocycles. The SMILES string of the molecule is CN1CCc2ccc(NC(=O)c3ccc4ccccc4c3)cc2C1.COc1ccc(C(=O)Nc2ccc3c(c2)CN(C)CC3)cc1C#N. The van der Waals surface area contributed by atoms with Gasteiger partial charge in [-0.1, -0.05) is 42.5 Å². The van der Waals surface area contributed by atoms with Crippen molar-refractivity contribution in [3.63, 3.8) is 0 Å². The molecule has 0 spiro atoms. The summed E-state index contributed by atoms with van der Waals surface area (Å²) in [6.07, 6.45) is 2.11. The first-order valence-corrected chi connectivity index (χ1v) is 16.1. The van der Waals surface area contributed by atoms with E-state index in [9.17, 15) is 9.59 Å². The minimum absolute atomic E-state index is 0.0649. The van der Waals surface area contributed by atoms with Gasteiger partial charge >= 0.3 is 0 Å². The highest BCUT2D eigenvalue weighted by Crippen LogP contribution is 2.25. The molecule has 0 fully saturated rings. The lowest BCUT2D eigenvalue weighted by atomic mass is 9.99. The van der Waals surface area contributed by atoms with Crippen molar-refractivity contribution in [1.82, 2.24) is 9.80 Å². The number of nitrogens with one attached hydrogen (secondary N) is 2. The molecule has 0 saturated heterocycles. The fourth-order valence-corrected chi connectivity index (χ4v) is 6.23. The van der Waals surface area contributed by atoms with E-state index in [1.54, 1.807) is 18.2 Å². The van der Waals surface area contributed by atoms with Gasteiger partial charge in [-0.3, -0.25) is 9.59 Å². The summed E-state index contributed by atoms with van der Waals surface area (Å²) in [6, 6.07) is 33.0. The summed E-state index contributed by atoms with van der Waals surface area (Å²) in [4.78, 5) is 29.6. The predicted octanol–water partition coefficient (Wildman–Crippen LogP) is 6.89. The van der Waals surface area contributed by atoms with E-state index >= 15 is 0 Å². The van der Waals surface area contributed by atoms with Crippen LogP contribution in [0, 0.1) is 11.3 Å². The van der Waals surface area contributed by atoms with E-state index in [0.29, 0.717) is 22.4 Å². The quantitative estimate of drug-likeness (QED) is 0.218. The number of nitriles is 1. The van der Waals surface area contributed by atoms with Crippen LogP contribution in [0.2, 0.25) is 0 Å². The molecule has 242 valence electrons. The maximum absolute atomic E-state index is 12.6. The summed E-state index contributed by atoms with van der Waals surface area (Å²) in [5.41, 5.74) is 8.36. The first-order valence-electron chi connectivity index (χ1n) is 16.1. The van der Waals surface area contributed by atoms with Gasteiger partial charge in [-0.2, -0.15) is 5.26 Å². The number of carbonyl (C=O) groups is 2. The molecule has 8 heteroatoms. The molecule has 5 aromatic carbocycles. The number of nitrogens with zero attached hydrogens (tertiary/aromatic N) is 3. The van der Waals surface area contributed by atoms with Crippen LogP contribution in [0.3, 0.4) is 0 Å². The Balaban J connectivity index is 0.000000167. The largest absolute Gasteiger partial charge is 0.495 e. The Hall–Kier alpha value is -5.49. The maximum Gasteiger partial charge on any atom is 0.255 e. The monoisotopic (exact) mass is 637 g/mol. The molecule has 7 rings (SSSR count). The van der Waals surface area contributed by atoms with Gasteiger partial charge in [0.2, 0.25) is 0 Å². The molecule has 2 N–H and O–H groups in total. The summed E-state index contributed by atoms with van der Waals surface area (Å²) in [6.45, 7) is 3.98. The Bertz CT molecular complexity index is 2030. The highest BCUT2D eigenvalue weighted by Gasteiger charge is 2.16. The highest BCUT2D eigenvalue weighted by molar-refractivity contribution is 6.06. The van der Waals surface area contributed by atoms with E-state index in [0.717, 1.165) is 61.2 Å². The Kier molecular flexibility index (Phi) is 9.81. The van der Waals surface area contributed by atoms with E-state index < -0.39 is 0 Å². The number of fused-ring (bicyclic) bond motifs is 3. The van der Waals surface area contributed by atoms with Crippen LogP contribution < -0.4 is 15.4 Å². The minimum atomic E-state index is -0.238. The van der Waals surface area contributed by atoms with E-state index in [4.69, 9.17) is 10.00 Å². The Morgan fingerprint density at radius 2 is 1.21 bits per heavy atom. The van der Waals surface area contributed by atoms with Crippen LogP contribution in [-0.2, 0) is 25.9 Å². The second-order valence-electron chi connectivity index (χ2n) is 12.4. The van der Waals surface area contributed by atoms with Crippen LogP contribution in [0.4, 0.5) is 11.4 Å². The molecule has 0 bridgehead atoms. The maximum atomic E-state index is 12.6. The Labute approximate surface area is 281 Å². The molecule has 5 aromatic rings. The fraction of sp³-hybridized carbons (Fsp3) is 0.225. The number of amides is 2. The van der Waals surface area contributed by atoms with Crippen molar-refractivity contribution < 1.29 is 14.3 Å². The van der Waals surface area contributed by atoms with Crippen LogP contribution in [0.15, 0.2) is 97.1 Å². The number of hydrogen-bond acceptors (Lipinski definition) is 6. The molecule has 2 aliphatic heterocycles. The van der Waals surface area contributed by atoms with Gasteiger partial charge in [0.1, 0.15) is 11.8 Å². The molecule has 0 atom stereocenters. The molecule has 2 heterocycles. The Morgan fingerprint density at radius 3 is 1.77 bits per heavy atom. The summed E-state index contributed by atoms with van der Waals surface area (Å²) >= 11 is 0. The van der Waals surface area contributed by atoms with Gasteiger partial charge < -0.3 is 25.2 Å². The molecule has 48 heavy (non-hydrogen) atoms. The number of hydrogen-bond donors (Lipinski definition) is 2. The first kappa shape index (κ1) is 32.5. The number of anilines is 2. The van der Waals surface area contributed by atoms with Gasteiger partial charge in [0.25, 0.3) is 11.8 Å².